The van der Waals surface area contributed by atoms with Gasteiger partial charge in [-0.1, -0.05) is 41.2 Å². The minimum Gasteiger partial charge on any atom is -0.143 e. The fraction of sp³-hybridized carbons (Fsp3) is 0.143. The summed E-state index contributed by atoms with van der Waals surface area (Å²) in [5.74, 6) is 0. The van der Waals surface area contributed by atoms with Gasteiger partial charge in [-0.3, -0.25) is 0 Å². The first-order chi connectivity index (χ1) is 8.00. The quantitative estimate of drug-likeness (QED) is 0.557. The summed E-state index contributed by atoms with van der Waals surface area (Å²) in [5, 5.41) is 3.04. The van der Waals surface area contributed by atoms with Crippen molar-refractivity contribution in [1.29, 1.82) is 0 Å². The molecule has 0 saturated heterocycles. The molecule has 0 spiro atoms. The van der Waals surface area contributed by atoms with Gasteiger partial charge in [-0.15, -0.1) is 12.6 Å². The van der Waals surface area contributed by atoms with Crippen LogP contribution in [0.5, 0.6) is 0 Å². The van der Waals surface area contributed by atoms with Crippen LogP contribution in [0.4, 0.5) is 0 Å². The Morgan fingerprint density at radius 1 is 0.941 bits per heavy atom. The molecule has 0 unspecified atom stereocenters. The fourth-order valence-electron chi connectivity index (χ4n) is 2.70. The highest BCUT2D eigenvalue weighted by Crippen LogP contribution is 2.30. The van der Waals surface area contributed by atoms with Crippen LogP contribution in [0.3, 0.4) is 0 Å². The third kappa shape index (κ3) is 1.64. The van der Waals surface area contributed by atoms with E-state index in [0.717, 1.165) is 4.90 Å². The summed E-state index contributed by atoms with van der Waals surface area (Å²) in [5.41, 5.74) is 2.81. The van der Waals surface area contributed by atoms with Crippen molar-refractivity contribution >= 4 is 47.0 Å². The molecular formula is C14H13BrSSi. The fourth-order valence-corrected chi connectivity index (χ4v) is 6.70. The molecule has 0 nitrogen and oxygen atoms in total. The molecule has 0 radical (unpaired) electrons. The molecule has 0 atom stereocenters. The van der Waals surface area contributed by atoms with Gasteiger partial charge in [0.15, 0.2) is 0 Å². The lowest BCUT2D eigenvalue weighted by Gasteiger charge is -2.19. The zero-order chi connectivity index (χ0) is 12.2. The molecule has 0 bridgehead atoms. The summed E-state index contributed by atoms with van der Waals surface area (Å²) >= 11 is 8.06. The van der Waals surface area contributed by atoms with E-state index in [4.69, 9.17) is 0 Å². The molecule has 1 aliphatic rings. The molecule has 2 aromatic carbocycles. The molecule has 0 fully saturated rings. The van der Waals surface area contributed by atoms with Crippen LogP contribution in [0, 0.1) is 0 Å². The number of rotatable bonds is 0. The first-order valence-electron chi connectivity index (χ1n) is 5.64. The second-order valence-corrected chi connectivity index (χ2v) is 10.8. The van der Waals surface area contributed by atoms with Crippen LogP contribution in [0.2, 0.25) is 13.1 Å². The molecular weight excluding hydrogens is 308 g/mol. The van der Waals surface area contributed by atoms with Crippen LogP contribution >= 0.6 is 28.6 Å². The van der Waals surface area contributed by atoms with E-state index in [9.17, 15) is 0 Å². The Morgan fingerprint density at radius 2 is 1.53 bits per heavy atom. The predicted octanol–water partition coefficient (Wildman–Crippen LogP) is 3.54. The summed E-state index contributed by atoms with van der Waals surface area (Å²) < 4.78 is 1.18. The number of hydrogen-bond donors (Lipinski definition) is 1. The maximum absolute atomic E-state index is 4.47. The third-order valence-corrected chi connectivity index (χ3v) is 7.91. The summed E-state index contributed by atoms with van der Waals surface area (Å²) in [6.07, 6.45) is 0. The Bertz CT molecular complexity index is 566. The number of fused-ring (bicyclic) bond motifs is 3. The van der Waals surface area contributed by atoms with Crippen LogP contribution in [0.15, 0.2) is 45.8 Å². The first-order valence-corrected chi connectivity index (χ1v) is 9.88. The standard InChI is InChI=1S/C14H13BrSSi/c1-17(2)13-7-9(15)3-5-11(13)12-6-4-10(16)8-14(12)17/h3-8,16H,1-2H3. The Hall–Kier alpha value is -0.513. The van der Waals surface area contributed by atoms with Crippen molar-refractivity contribution in [3.63, 3.8) is 0 Å². The van der Waals surface area contributed by atoms with Crippen molar-refractivity contribution in [2.24, 2.45) is 0 Å². The Kier molecular flexibility index (Phi) is 2.54. The topological polar surface area (TPSA) is 0 Å². The molecule has 0 aliphatic carbocycles. The van der Waals surface area contributed by atoms with E-state index >= 15 is 0 Å². The third-order valence-electron chi connectivity index (χ3n) is 3.62. The molecule has 1 heterocycles. The van der Waals surface area contributed by atoms with Gasteiger partial charge < -0.3 is 0 Å². The second kappa shape index (κ2) is 3.74. The molecule has 0 aromatic heterocycles. The van der Waals surface area contributed by atoms with Crippen molar-refractivity contribution in [3.05, 3.63) is 40.9 Å². The zero-order valence-corrected chi connectivity index (χ0v) is 13.3. The highest BCUT2D eigenvalue weighted by molar-refractivity contribution is 9.10. The highest BCUT2D eigenvalue weighted by Gasteiger charge is 2.37. The molecule has 2 aromatic rings. The van der Waals surface area contributed by atoms with Gasteiger partial charge in [0.25, 0.3) is 0 Å². The van der Waals surface area contributed by atoms with Gasteiger partial charge in [0.05, 0.1) is 0 Å². The van der Waals surface area contributed by atoms with Gasteiger partial charge in [-0.2, -0.15) is 0 Å². The Labute approximate surface area is 117 Å². The van der Waals surface area contributed by atoms with E-state index in [1.807, 2.05) is 0 Å². The van der Waals surface area contributed by atoms with Crippen molar-refractivity contribution < 1.29 is 0 Å². The van der Waals surface area contributed by atoms with Crippen molar-refractivity contribution in [3.8, 4) is 11.1 Å². The van der Waals surface area contributed by atoms with E-state index in [2.05, 4.69) is 78.1 Å². The maximum Gasteiger partial charge on any atom is 0.113 e. The monoisotopic (exact) mass is 320 g/mol. The molecule has 1 aliphatic heterocycles. The van der Waals surface area contributed by atoms with E-state index in [0.29, 0.717) is 0 Å². The van der Waals surface area contributed by atoms with Crippen LogP contribution in [0.25, 0.3) is 11.1 Å². The minimum atomic E-state index is -1.52. The lowest BCUT2D eigenvalue weighted by Crippen LogP contribution is -2.49. The van der Waals surface area contributed by atoms with Gasteiger partial charge >= 0.3 is 0 Å². The summed E-state index contributed by atoms with van der Waals surface area (Å²) in [7, 11) is -1.52. The zero-order valence-electron chi connectivity index (χ0n) is 9.79. The van der Waals surface area contributed by atoms with E-state index < -0.39 is 8.07 Å². The average Bonchev–Trinajstić information content (AvgIpc) is 2.49. The lowest BCUT2D eigenvalue weighted by atomic mass is 10.1. The number of hydrogen-bond acceptors (Lipinski definition) is 1. The van der Waals surface area contributed by atoms with Gasteiger partial charge in [0.1, 0.15) is 8.07 Å². The molecule has 0 amide bonds. The highest BCUT2D eigenvalue weighted by atomic mass is 79.9. The van der Waals surface area contributed by atoms with Crippen LogP contribution in [-0.4, -0.2) is 8.07 Å². The van der Waals surface area contributed by atoms with E-state index in [1.165, 1.54) is 26.0 Å². The van der Waals surface area contributed by atoms with Crippen LogP contribution < -0.4 is 10.4 Å². The minimum absolute atomic E-state index is 1.07. The molecule has 3 rings (SSSR count). The maximum atomic E-state index is 4.47. The molecule has 86 valence electrons. The largest absolute Gasteiger partial charge is 0.143 e. The molecule has 3 heteroatoms. The average molecular weight is 321 g/mol. The summed E-state index contributed by atoms with van der Waals surface area (Å²) in [6, 6.07) is 13.2. The Balaban J connectivity index is 2.37. The van der Waals surface area contributed by atoms with E-state index in [1.54, 1.807) is 0 Å². The van der Waals surface area contributed by atoms with Crippen molar-refractivity contribution in [2.45, 2.75) is 18.0 Å². The summed E-state index contributed by atoms with van der Waals surface area (Å²) in [6.45, 7) is 4.83. The van der Waals surface area contributed by atoms with Gasteiger partial charge in [-0.25, -0.2) is 0 Å². The van der Waals surface area contributed by atoms with Crippen molar-refractivity contribution in [1.82, 2.24) is 0 Å². The second-order valence-electron chi connectivity index (χ2n) is 5.04. The molecule has 0 saturated carbocycles. The van der Waals surface area contributed by atoms with Gasteiger partial charge in [0.2, 0.25) is 0 Å². The van der Waals surface area contributed by atoms with Crippen molar-refractivity contribution in [2.75, 3.05) is 0 Å². The number of thiol groups is 1. The van der Waals surface area contributed by atoms with Gasteiger partial charge in [-0.05, 0) is 45.8 Å². The summed E-state index contributed by atoms with van der Waals surface area (Å²) in [4.78, 5) is 1.07. The molecule has 17 heavy (non-hydrogen) atoms. The normalized spacial score (nSPS) is 15.5. The number of benzene rings is 2. The van der Waals surface area contributed by atoms with Gasteiger partial charge in [0, 0.05) is 9.37 Å². The Morgan fingerprint density at radius 3 is 2.24 bits per heavy atom. The smallest absolute Gasteiger partial charge is 0.113 e. The first kappa shape index (κ1) is 11.6. The van der Waals surface area contributed by atoms with Crippen LogP contribution in [0.1, 0.15) is 0 Å². The number of halogens is 1. The lowest BCUT2D eigenvalue weighted by molar-refractivity contribution is 1.50. The van der Waals surface area contributed by atoms with Crippen LogP contribution in [-0.2, 0) is 0 Å². The predicted molar refractivity (Wildman–Crippen MR) is 83.6 cm³/mol. The SMILES string of the molecule is C[Si]1(C)c2cc(S)ccc2-c2ccc(Br)cc21. The van der Waals surface area contributed by atoms with E-state index in [-0.39, 0.29) is 0 Å². The molecule has 0 N–H and O–H groups in total.